The molecule has 2 aromatic rings. The third-order valence-electron chi connectivity index (χ3n) is 4.38. The van der Waals surface area contributed by atoms with Crippen LogP contribution in [0, 0.1) is 0 Å². The van der Waals surface area contributed by atoms with Crippen molar-refractivity contribution < 1.29 is 9.59 Å². The molecule has 0 saturated heterocycles. The second-order valence-electron chi connectivity index (χ2n) is 6.16. The minimum atomic E-state index is -0.608. The number of halogens is 1. The van der Waals surface area contributed by atoms with Crippen molar-refractivity contribution in [2.45, 2.75) is 44.7 Å². The second-order valence-corrected chi connectivity index (χ2v) is 7.54. The number of carbonyl (C=O) groups excluding carboxylic acids is 2. The van der Waals surface area contributed by atoms with E-state index in [9.17, 15) is 9.59 Å². The second kappa shape index (κ2) is 7.97. The summed E-state index contributed by atoms with van der Waals surface area (Å²) in [6.07, 6.45) is 2.54. The molecule has 1 aliphatic rings. The molecule has 132 valence electrons. The van der Waals surface area contributed by atoms with Crippen LogP contribution in [0.2, 0.25) is 5.02 Å². The number of rotatable bonds is 5. The van der Waals surface area contributed by atoms with Crippen LogP contribution in [-0.4, -0.2) is 22.8 Å². The van der Waals surface area contributed by atoms with E-state index in [2.05, 4.69) is 15.6 Å². The van der Waals surface area contributed by atoms with Gasteiger partial charge in [0.15, 0.2) is 0 Å². The van der Waals surface area contributed by atoms with Gasteiger partial charge >= 0.3 is 11.8 Å². The molecule has 1 heterocycles. The first-order valence-corrected chi connectivity index (χ1v) is 9.58. The standard InChI is InChI=1S/C18H20ClN3O2S/c1-2-14-10-25-16(21-14)9-20-17(23)18(24)22-15-7-12(8-15)11-3-5-13(19)6-4-11/h3-6,10,12,15H,2,7-9H2,1H3,(H,20,23)(H,22,24). The molecule has 2 N–H and O–H groups in total. The fraction of sp³-hybridized carbons (Fsp3) is 0.389. The Bertz CT molecular complexity index is 754. The zero-order chi connectivity index (χ0) is 17.8. The average Bonchev–Trinajstić information content (AvgIpc) is 3.04. The van der Waals surface area contributed by atoms with E-state index < -0.39 is 11.8 Å². The number of aryl methyl sites for hydroxylation is 1. The molecule has 3 rings (SSSR count). The lowest BCUT2D eigenvalue weighted by Crippen LogP contribution is -2.48. The first kappa shape index (κ1) is 17.9. The van der Waals surface area contributed by atoms with Crippen molar-refractivity contribution in [1.29, 1.82) is 0 Å². The van der Waals surface area contributed by atoms with Gasteiger partial charge in [0, 0.05) is 16.4 Å². The van der Waals surface area contributed by atoms with E-state index in [0.717, 1.165) is 35.0 Å². The maximum atomic E-state index is 12.0. The number of nitrogens with zero attached hydrogens (tertiary/aromatic N) is 1. The SMILES string of the molecule is CCc1csc(CNC(=O)C(=O)NC2CC(c3ccc(Cl)cc3)C2)n1. The Labute approximate surface area is 155 Å². The van der Waals surface area contributed by atoms with Gasteiger partial charge in [-0.2, -0.15) is 0 Å². The number of hydrogen-bond donors (Lipinski definition) is 2. The van der Waals surface area contributed by atoms with Gasteiger partial charge in [-0.05, 0) is 42.9 Å². The third kappa shape index (κ3) is 4.58. The molecule has 1 aliphatic carbocycles. The monoisotopic (exact) mass is 377 g/mol. The maximum Gasteiger partial charge on any atom is 0.309 e. The molecule has 1 saturated carbocycles. The van der Waals surface area contributed by atoms with Crippen molar-refractivity contribution in [3.63, 3.8) is 0 Å². The van der Waals surface area contributed by atoms with Crippen molar-refractivity contribution in [3.8, 4) is 0 Å². The normalized spacial score (nSPS) is 19.1. The molecule has 25 heavy (non-hydrogen) atoms. The first-order valence-electron chi connectivity index (χ1n) is 8.32. The van der Waals surface area contributed by atoms with Crippen LogP contribution in [0.5, 0.6) is 0 Å². The summed E-state index contributed by atoms with van der Waals surface area (Å²) in [4.78, 5) is 28.2. The minimum absolute atomic E-state index is 0.0467. The molecular formula is C18H20ClN3O2S. The Hall–Kier alpha value is -1.92. The van der Waals surface area contributed by atoms with Gasteiger partial charge in [0.1, 0.15) is 5.01 Å². The summed E-state index contributed by atoms with van der Waals surface area (Å²) in [6.45, 7) is 2.32. The predicted octanol–water partition coefficient (Wildman–Crippen LogP) is 3.04. The van der Waals surface area contributed by atoms with E-state index in [4.69, 9.17) is 11.6 Å². The zero-order valence-corrected chi connectivity index (χ0v) is 15.5. The molecular weight excluding hydrogens is 358 g/mol. The van der Waals surface area contributed by atoms with Crippen LogP contribution in [0.4, 0.5) is 0 Å². The molecule has 1 fully saturated rings. The highest BCUT2D eigenvalue weighted by atomic mass is 35.5. The van der Waals surface area contributed by atoms with Crippen molar-refractivity contribution in [2.24, 2.45) is 0 Å². The van der Waals surface area contributed by atoms with Gasteiger partial charge in [0.05, 0.1) is 12.2 Å². The van der Waals surface area contributed by atoms with Gasteiger partial charge in [0.25, 0.3) is 0 Å². The molecule has 7 heteroatoms. The van der Waals surface area contributed by atoms with E-state index in [1.165, 1.54) is 16.9 Å². The highest BCUT2D eigenvalue weighted by molar-refractivity contribution is 7.09. The lowest BCUT2D eigenvalue weighted by atomic mass is 9.76. The Morgan fingerprint density at radius 1 is 1.24 bits per heavy atom. The molecule has 0 aliphatic heterocycles. The fourth-order valence-corrected chi connectivity index (χ4v) is 3.77. The van der Waals surface area contributed by atoms with Gasteiger partial charge in [0.2, 0.25) is 0 Å². The van der Waals surface area contributed by atoms with Gasteiger partial charge < -0.3 is 10.6 Å². The average molecular weight is 378 g/mol. The van der Waals surface area contributed by atoms with Crippen LogP contribution in [-0.2, 0) is 22.6 Å². The van der Waals surface area contributed by atoms with Crippen LogP contribution in [0.3, 0.4) is 0 Å². The Morgan fingerprint density at radius 2 is 1.96 bits per heavy atom. The molecule has 0 unspecified atom stereocenters. The first-order chi connectivity index (χ1) is 12.0. The van der Waals surface area contributed by atoms with Crippen molar-refractivity contribution >= 4 is 34.8 Å². The van der Waals surface area contributed by atoms with E-state index in [0.29, 0.717) is 5.92 Å². The molecule has 0 atom stereocenters. The molecule has 2 amide bonds. The highest BCUT2D eigenvalue weighted by Gasteiger charge is 2.32. The Kier molecular flexibility index (Phi) is 5.71. The number of nitrogens with one attached hydrogen (secondary N) is 2. The summed E-state index contributed by atoms with van der Waals surface area (Å²) in [5, 5.41) is 8.90. The summed E-state index contributed by atoms with van der Waals surface area (Å²) in [5.74, 6) is -0.775. The summed E-state index contributed by atoms with van der Waals surface area (Å²) < 4.78 is 0. The molecule has 0 radical (unpaired) electrons. The summed E-state index contributed by atoms with van der Waals surface area (Å²) in [6, 6.07) is 7.81. The molecule has 1 aromatic heterocycles. The summed E-state index contributed by atoms with van der Waals surface area (Å²) in [7, 11) is 0. The van der Waals surface area contributed by atoms with E-state index >= 15 is 0 Å². The smallest absolute Gasteiger partial charge is 0.309 e. The number of hydrogen-bond acceptors (Lipinski definition) is 4. The van der Waals surface area contributed by atoms with Crippen LogP contribution in [0.25, 0.3) is 0 Å². The van der Waals surface area contributed by atoms with Crippen molar-refractivity contribution in [3.05, 3.63) is 50.9 Å². The van der Waals surface area contributed by atoms with Gasteiger partial charge in [-0.15, -0.1) is 11.3 Å². The number of thiazole rings is 1. The lowest BCUT2D eigenvalue weighted by molar-refractivity contribution is -0.140. The lowest BCUT2D eigenvalue weighted by Gasteiger charge is -2.36. The number of benzene rings is 1. The van der Waals surface area contributed by atoms with Gasteiger partial charge in [-0.25, -0.2) is 4.98 Å². The van der Waals surface area contributed by atoms with Crippen molar-refractivity contribution in [2.75, 3.05) is 0 Å². The summed E-state index contributed by atoms with van der Waals surface area (Å²) in [5.41, 5.74) is 2.22. The minimum Gasteiger partial charge on any atom is -0.345 e. The molecule has 5 nitrogen and oxygen atoms in total. The maximum absolute atomic E-state index is 12.0. The zero-order valence-electron chi connectivity index (χ0n) is 13.9. The Balaban J connectivity index is 1.40. The van der Waals surface area contributed by atoms with Gasteiger partial charge in [-0.1, -0.05) is 30.7 Å². The largest absolute Gasteiger partial charge is 0.345 e. The molecule has 0 bridgehead atoms. The summed E-state index contributed by atoms with van der Waals surface area (Å²) >= 11 is 7.38. The number of amides is 2. The van der Waals surface area contributed by atoms with Crippen molar-refractivity contribution in [1.82, 2.24) is 15.6 Å². The van der Waals surface area contributed by atoms with Crippen LogP contribution in [0.15, 0.2) is 29.6 Å². The molecule has 1 aromatic carbocycles. The van der Waals surface area contributed by atoms with Crippen LogP contribution >= 0.6 is 22.9 Å². The van der Waals surface area contributed by atoms with Crippen LogP contribution in [0.1, 0.15) is 41.9 Å². The van der Waals surface area contributed by atoms with E-state index in [1.807, 2.05) is 36.6 Å². The number of carbonyl (C=O) groups is 2. The predicted molar refractivity (Wildman–Crippen MR) is 98.7 cm³/mol. The van der Waals surface area contributed by atoms with E-state index in [1.54, 1.807) is 0 Å². The number of aromatic nitrogens is 1. The molecule has 0 spiro atoms. The quantitative estimate of drug-likeness (QED) is 0.787. The Morgan fingerprint density at radius 3 is 2.60 bits per heavy atom. The van der Waals surface area contributed by atoms with Crippen LogP contribution < -0.4 is 10.6 Å². The van der Waals surface area contributed by atoms with E-state index in [-0.39, 0.29) is 12.6 Å². The van der Waals surface area contributed by atoms with Gasteiger partial charge in [-0.3, -0.25) is 9.59 Å². The highest BCUT2D eigenvalue weighted by Crippen LogP contribution is 2.37. The fourth-order valence-electron chi connectivity index (χ4n) is 2.82. The third-order valence-corrected chi connectivity index (χ3v) is 5.53. The topological polar surface area (TPSA) is 71.1 Å².